The van der Waals surface area contributed by atoms with Crippen LogP contribution in [0.4, 0.5) is 0 Å². The van der Waals surface area contributed by atoms with E-state index in [0.29, 0.717) is 18.8 Å². The molecule has 18 heavy (non-hydrogen) atoms. The third-order valence-electron chi connectivity index (χ3n) is 2.52. The van der Waals surface area contributed by atoms with Crippen LogP contribution in [0, 0.1) is 0 Å². The molecule has 0 spiro atoms. The number of hydrogen-bond donors (Lipinski definition) is 1. The summed E-state index contributed by atoms with van der Waals surface area (Å²) in [5.74, 6) is -0.0225. The predicted molar refractivity (Wildman–Crippen MR) is 75.9 cm³/mol. The number of nitrogens with zero attached hydrogens (tertiary/aromatic N) is 1. The van der Waals surface area contributed by atoms with E-state index in [-0.39, 0.29) is 5.91 Å². The first-order chi connectivity index (χ1) is 8.69. The number of hydrogen-bond acceptors (Lipinski definition) is 2. The third-order valence-corrected chi connectivity index (χ3v) is 2.95. The Kier molecular flexibility index (Phi) is 7.05. The summed E-state index contributed by atoms with van der Waals surface area (Å²) in [6.45, 7) is 6.98. The minimum atomic E-state index is -0.0225. The number of aryl methyl sites for hydroxylation is 1. The molecule has 0 saturated heterocycles. The van der Waals surface area contributed by atoms with Crippen molar-refractivity contribution in [2.45, 2.75) is 33.2 Å². The second kappa shape index (κ2) is 8.32. The smallest absolute Gasteiger partial charge is 0.267 e. The number of rotatable bonds is 8. The first-order valence-electron chi connectivity index (χ1n) is 6.40. The molecule has 1 rings (SSSR count). The van der Waals surface area contributed by atoms with E-state index < -0.39 is 0 Å². The Morgan fingerprint density at radius 3 is 2.94 bits per heavy atom. The van der Waals surface area contributed by atoms with Gasteiger partial charge in [-0.05, 0) is 41.8 Å². The molecule has 1 amide bonds. The molecule has 1 aromatic rings. The number of nitrogens with one attached hydrogen (secondary N) is 1. The molecular weight excluding hydrogens is 296 g/mol. The average molecular weight is 317 g/mol. The summed E-state index contributed by atoms with van der Waals surface area (Å²) in [7, 11) is 0. The monoisotopic (exact) mass is 316 g/mol. The number of carbonyl (C=O) groups excluding carboxylic acids is 1. The third kappa shape index (κ3) is 4.82. The fourth-order valence-electron chi connectivity index (χ4n) is 1.70. The standard InChI is InChI=1S/C13H21BrN2O2/c1-3-7-16-10-11(14)9-12(16)13(17)15-6-5-8-18-4-2/h9-10H,3-8H2,1-2H3,(H,15,17). The van der Waals surface area contributed by atoms with Crippen molar-refractivity contribution in [2.24, 2.45) is 0 Å². The van der Waals surface area contributed by atoms with Crippen LogP contribution in [0.3, 0.4) is 0 Å². The van der Waals surface area contributed by atoms with Crippen LogP contribution < -0.4 is 5.32 Å². The molecule has 0 aliphatic carbocycles. The number of carbonyl (C=O) groups is 1. The molecular formula is C13H21BrN2O2. The predicted octanol–water partition coefficient (Wildman–Crippen LogP) is 2.82. The van der Waals surface area contributed by atoms with E-state index in [9.17, 15) is 4.79 Å². The highest BCUT2D eigenvalue weighted by Crippen LogP contribution is 2.15. The van der Waals surface area contributed by atoms with Crippen LogP contribution >= 0.6 is 15.9 Å². The van der Waals surface area contributed by atoms with Gasteiger partial charge in [-0.2, -0.15) is 0 Å². The highest BCUT2D eigenvalue weighted by Gasteiger charge is 2.11. The molecule has 1 aromatic heterocycles. The Bertz CT molecular complexity index is 377. The fraction of sp³-hybridized carbons (Fsp3) is 0.615. The maximum Gasteiger partial charge on any atom is 0.267 e. The Morgan fingerprint density at radius 2 is 2.28 bits per heavy atom. The van der Waals surface area contributed by atoms with E-state index >= 15 is 0 Å². The molecule has 4 nitrogen and oxygen atoms in total. The zero-order valence-electron chi connectivity index (χ0n) is 11.0. The van der Waals surface area contributed by atoms with E-state index in [1.165, 1.54) is 0 Å². The molecule has 0 atom stereocenters. The van der Waals surface area contributed by atoms with Crippen LogP contribution in [0.25, 0.3) is 0 Å². The van der Waals surface area contributed by atoms with E-state index in [2.05, 4.69) is 28.2 Å². The van der Waals surface area contributed by atoms with E-state index in [4.69, 9.17) is 4.74 Å². The molecule has 1 heterocycles. The van der Waals surface area contributed by atoms with Gasteiger partial charge in [0.2, 0.25) is 0 Å². The molecule has 0 aromatic carbocycles. The van der Waals surface area contributed by atoms with Gasteiger partial charge in [0.1, 0.15) is 5.69 Å². The highest BCUT2D eigenvalue weighted by atomic mass is 79.9. The molecule has 102 valence electrons. The summed E-state index contributed by atoms with van der Waals surface area (Å²) in [5, 5.41) is 2.91. The molecule has 0 fully saturated rings. The van der Waals surface area contributed by atoms with Gasteiger partial charge < -0.3 is 14.6 Å². The summed E-state index contributed by atoms with van der Waals surface area (Å²) >= 11 is 3.40. The van der Waals surface area contributed by atoms with Gasteiger partial charge in [0.25, 0.3) is 5.91 Å². The zero-order chi connectivity index (χ0) is 13.4. The van der Waals surface area contributed by atoms with Crippen molar-refractivity contribution in [1.29, 1.82) is 0 Å². The minimum absolute atomic E-state index is 0.0225. The van der Waals surface area contributed by atoms with Crippen molar-refractivity contribution in [3.63, 3.8) is 0 Å². The molecule has 0 radical (unpaired) electrons. The Labute approximate surface area is 117 Å². The molecule has 0 aliphatic heterocycles. The van der Waals surface area contributed by atoms with Crippen molar-refractivity contribution in [1.82, 2.24) is 9.88 Å². The molecule has 0 aliphatic rings. The van der Waals surface area contributed by atoms with Crippen LogP contribution in [0.15, 0.2) is 16.7 Å². The topological polar surface area (TPSA) is 43.3 Å². The Hall–Kier alpha value is -0.810. The van der Waals surface area contributed by atoms with Gasteiger partial charge in [-0.1, -0.05) is 6.92 Å². The number of halogens is 1. The first kappa shape index (κ1) is 15.2. The lowest BCUT2D eigenvalue weighted by molar-refractivity contribution is 0.0935. The summed E-state index contributed by atoms with van der Waals surface area (Å²) < 4.78 is 8.14. The van der Waals surface area contributed by atoms with Crippen LogP contribution in [0.5, 0.6) is 0 Å². The lowest BCUT2D eigenvalue weighted by Gasteiger charge is -2.08. The highest BCUT2D eigenvalue weighted by molar-refractivity contribution is 9.10. The van der Waals surface area contributed by atoms with Crippen LogP contribution in [0.2, 0.25) is 0 Å². The van der Waals surface area contributed by atoms with Gasteiger partial charge >= 0.3 is 0 Å². The summed E-state index contributed by atoms with van der Waals surface area (Å²) in [6, 6.07) is 1.85. The second-order valence-corrected chi connectivity index (χ2v) is 4.96. The van der Waals surface area contributed by atoms with Crippen LogP contribution in [-0.2, 0) is 11.3 Å². The van der Waals surface area contributed by atoms with Gasteiger partial charge in [-0.15, -0.1) is 0 Å². The zero-order valence-corrected chi connectivity index (χ0v) is 12.6. The maximum absolute atomic E-state index is 12.0. The number of ether oxygens (including phenoxy) is 1. The van der Waals surface area contributed by atoms with Crippen molar-refractivity contribution in [3.05, 3.63) is 22.4 Å². The van der Waals surface area contributed by atoms with E-state index in [1.54, 1.807) is 0 Å². The fourth-order valence-corrected chi connectivity index (χ4v) is 2.17. The summed E-state index contributed by atoms with van der Waals surface area (Å²) in [4.78, 5) is 12.0. The van der Waals surface area contributed by atoms with Gasteiger partial charge in [0.05, 0.1) is 0 Å². The lowest BCUT2D eigenvalue weighted by Crippen LogP contribution is -2.27. The van der Waals surface area contributed by atoms with Crippen molar-refractivity contribution in [3.8, 4) is 0 Å². The SMILES string of the molecule is CCCn1cc(Br)cc1C(=O)NCCCOCC. The molecule has 1 N–H and O–H groups in total. The van der Waals surface area contributed by atoms with E-state index in [0.717, 1.165) is 30.5 Å². The molecule has 0 bridgehead atoms. The normalized spacial score (nSPS) is 10.6. The van der Waals surface area contributed by atoms with E-state index in [1.807, 2.05) is 23.8 Å². The largest absolute Gasteiger partial charge is 0.382 e. The molecule has 0 saturated carbocycles. The van der Waals surface area contributed by atoms with Crippen molar-refractivity contribution in [2.75, 3.05) is 19.8 Å². The van der Waals surface area contributed by atoms with Gasteiger partial charge in [-0.3, -0.25) is 4.79 Å². The summed E-state index contributed by atoms with van der Waals surface area (Å²) in [5.41, 5.74) is 0.708. The number of amides is 1. The number of aromatic nitrogens is 1. The second-order valence-electron chi connectivity index (χ2n) is 4.04. The van der Waals surface area contributed by atoms with Gasteiger partial charge in [0.15, 0.2) is 0 Å². The quantitative estimate of drug-likeness (QED) is 0.749. The Morgan fingerprint density at radius 1 is 1.50 bits per heavy atom. The van der Waals surface area contributed by atoms with Gasteiger partial charge in [0, 0.05) is 37.0 Å². The van der Waals surface area contributed by atoms with Crippen LogP contribution in [-0.4, -0.2) is 30.2 Å². The maximum atomic E-state index is 12.0. The summed E-state index contributed by atoms with van der Waals surface area (Å²) in [6.07, 6.45) is 3.79. The van der Waals surface area contributed by atoms with Crippen LogP contribution in [0.1, 0.15) is 37.2 Å². The first-order valence-corrected chi connectivity index (χ1v) is 7.20. The van der Waals surface area contributed by atoms with Gasteiger partial charge in [-0.25, -0.2) is 0 Å². The molecule has 5 heteroatoms. The Balaban J connectivity index is 2.45. The lowest BCUT2D eigenvalue weighted by atomic mass is 10.3. The average Bonchev–Trinajstić information content (AvgIpc) is 2.70. The minimum Gasteiger partial charge on any atom is -0.382 e. The van der Waals surface area contributed by atoms with Crippen molar-refractivity contribution >= 4 is 21.8 Å². The molecule has 0 unspecified atom stereocenters. The van der Waals surface area contributed by atoms with Crippen molar-refractivity contribution < 1.29 is 9.53 Å².